The minimum atomic E-state index is -0.768. The molecule has 7 heteroatoms. The molecule has 1 saturated carbocycles. The third-order valence-electron chi connectivity index (χ3n) is 5.03. The molecule has 2 aromatic heterocycles. The van der Waals surface area contributed by atoms with E-state index in [9.17, 15) is 14.7 Å². The van der Waals surface area contributed by atoms with Gasteiger partial charge in [0.1, 0.15) is 4.88 Å². The Morgan fingerprint density at radius 3 is 3.04 bits per heavy atom. The second kappa shape index (κ2) is 5.19. The lowest BCUT2D eigenvalue weighted by Crippen LogP contribution is -2.37. The molecular weight excluding hydrogens is 316 g/mol. The molecule has 0 spiro atoms. The van der Waals surface area contributed by atoms with Crippen LogP contribution in [0.25, 0.3) is 10.8 Å². The normalized spacial score (nSPS) is 26.4. The number of carbonyl (C=O) groups is 2. The highest BCUT2D eigenvalue weighted by Crippen LogP contribution is 2.49. The van der Waals surface area contributed by atoms with Crippen LogP contribution in [0.5, 0.6) is 0 Å². The van der Waals surface area contributed by atoms with E-state index in [0.29, 0.717) is 35.2 Å². The molecule has 120 valence electrons. The van der Waals surface area contributed by atoms with E-state index in [1.807, 2.05) is 0 Å². The lowest BCUT2D eigenvalue weighted by atomic mass is 9.81. The molecule has 2 aromatic rings. The van der Waals surface area contributed by atoms with Crippen molar-refractivity contribution in [3.05, 3.63) is 29.5 Å². The number of nitrogens with zero attached hydrogens (tertiary/aromatic N) is 2. The van der Waals surface area contributed by atoms with Crippen LogP contribution in [0.1, 0.15) is 28.9 Å². The molecule has 23 heavy (non-hydrogen) atoms. The van der Waals surface area contributed by atoms with Crippen LogP contribution < -0.4 is 0 Å². The van der Waals surface area contributed by atoms with Gasteiger partial charge >= 0.3 is 5.97 Å². The Hall–Kier alpha value is -2.15. The van der Waals surface area contributed by atoms with E-state index in [-0.39, 0.29) is 11.8 Å². The van der Waals surface area contributed by atoms with Crippen LogP contribution in [0, 0.1) is 11.3 Å². The van der Waals surface area contributed by atoms with Gasteiger partial charge in [-0.1, -0.05) is 6.42 Å². The summed E-state index contributed by atoms with van der Waals surface area (Å²) in [5.74, 6) is -0.193. The predicted molar refractivity (Wildman–Crippen MR) is 83.1 cm³/mol. The lowest BCUT2D eigenvalue weighted by molar-refractivity contribution is -0.149. The van der Waals surface area contributed by atoms with Crippen molar-refractivity contribution < 1.29 is 19.1 Å². The molecule has 1 aliphatic heterocycles. The van der Waals surface area contributed by atoms with E-state index >= 15 is 0 Å². The number of furan rings is 1. The molecule has 2 atom stereocenters. The Balaban J connectivity index is 1.56. The molecule has 0 unspecified atom stereocenters. The van der Waals surface area contributed by atoms with Crippen molar-refractivity contribution in [3.63, 3.8) is 0 Å². The van der Waals surface area contributed by atoms with Gasteiger partial charge in [0.15, 0.2) is 10.8 Å². The van der Waals surface area contributed by atoms with Crippen LogP contribution in [0.3, 0.4) is 0 Å². The first-order chi connectivity index (χ1) is 11.1. The van der Waals surface area contributed by atoms with Crippen LogP contribution in [0.4, 0.5) is 0 Å². The summed E-state index contributed by atoms with van der Waals surface area (Å²) in [5.41, 5.74) is -0.746. The first-order valence-corrected chi connectivity index (χ1v) is 8.44. The smallest absolute Gasteiger partial charge is 0.311 e. The molecular formula is C16H16N2O4S. The topological polar surface area (TPSA) is 83.6 Å². The van der Waals surface area contributed by atoms with Crippen LogP contribution in [0.15, 0.2) is 29.0 Å². The number of aromatic nitrogens is 1. The maximum Gasteiger partial charge on any atom is 0.311 e. The molecule has 2 aliphatic rings. The summed E-state index contributed by atoms with van der Waals surface area (Å²) < 4.78 is 5.29. The summed E-state index contributed by atoms with van der Waals surface area (Å²) in [6.45, 7) is 0.832. The van der Waals surface area contributed by atoms with Gasteiger partial charge in [-0.15, -0.1) is 11.3 Å². The number of carboxylic acid groups (broad SMARTS) is 1. The number of rotatable bonds is 3. The van der Waals surface area contributed by atoms with E-state index in [4.69, 9.17) is 4.42 Å². The summed E-state index contributed by atoms with van der Waals surface area (Å²) in [5, 5.41) is 10.3. The average molecular weight is 332 g/mol. The van der Waals surface area contributed by atoms with E-state index in [2.05, 4.69) is 4.98 Å². The standard InChI is InChI=1S/C16H16N2O4S/c19-14(12-7-17-13(23-12)11-4-2-6-22-11)18-8-10-3-1-5-16(10,9-18)15(20)21/h2,4,6-7,10H,1,3,5,8-9H2,(H,20,21)/t10-,16+/m0/s1. The third kappa shape index (κ3) is 2.18. The molecule has 0 radical (unpaired) electrons. The van der Waals surface area contributed by atoms with Crippen LogP contribution in [0.2, 0.25) is 0 Å². The lowest BCUT2D eigenvalue weighted by Gasteiger charge is -2.23. The Morgan fingerprint density at radius 1 is 1.48 bits per heavy atom. The number of fused-ring (bicyclic) bond motifs is 1. The summed E-state index contributed by atoms with van der Waals surface area (Å²) >= 11 is 1.28. The van der Waals surface area contributed by atoms with Crippen molar-refractivity contribution in [2.24, 2.45) is 11.3 Å². The summed E-state index contributed by atoms with van der Waals surface area (Å²) in [4.78, 5) is 30.8. The van der Waals surface area contributed by atoms with E-state index in [1.165, 1.54) is 11.3 Å². The SMILES string of the molecule is O=C(c1cnc(-c2ccco2)s1)N1C[C@@H]2CCC[C@@]2(C(=O)O)C1. The Bertz CT molecular complexity index is 754. The molecule has 1 aliphatic carbocycles. The van der Waals surface area contributed by atoms with Gasteiger partial charge in [0.2, 0.25) is 0 Å². The Kier molecular flexibility index (Phi) is 3.26. The van der Waals surface area contributed by atoms with Gasteiger partial charge in [-0.05, 0) is 30.9 Å². The highest BCUT2D eigenvalue weighted by molar-refractivity contribution is 7.16. The molecule has 0 aromatic carbocycles. The number of carbonyl (C=O) groups excluding carboxylic acids is 1. The number of amides is 1. The molecule has 6 nitrogen and oxygen atoms in total. The largest absolute Gasteiger partial charge is 0.481 e. The van der Waals surface area contributed by atoms with Gasteiger partial charge in [-0.25, -0.2) is 4.98 Å². The minimum absolute atomic E-state index is 0.0708. The van der Waals surface area contributed by atoms with Crippen LogP contribution in [-0.4, -0.2) is 40.0 Å². The first kappa shape index (κ1) is 14.4. The third-order valence-corrected chi connectivity index (χ3v) is 6.03. The fourth-order valence-corrected chi connectivity index (χ4v) is 4.69. The van der Waals surface area contributed by atoms with Crippen LogP contribution in [-0.2, 0) is 4.79 Å². The highest BCUT2D eigenvalue weighted by Gasteiger charge is 2.55. The summed E-state index contributed by atoms with van der Waals surface area (Å²) in [6, 6.07) is 3.57. The molecule has 4 rings (SSSR count). The molecule has 1 N–H and O–H groups in total. The second-order valence-electron chi connectivity index (χ2n) is 6.24. The monoisotopic (exact) mass is 332 g/mol. The molecule has 3 heterocycles. The Labute approximate surface area is 136 Å². The van der Waals surface area contributed by atoms with Gasteiger partial charge in [0, 0.05) is 13.1 Å². The van der Waals surface area contributed by atoms with E-state index < -0.39 is 11.4 Å². The zero-order chi connectivity index (χ0) is 16.0. The number of carboxylic acids is 1. The zero-order valence-electron chi connectivity index (χ0n) is 12.4. The first-order valence-electron chi connectivity index (χ1n) is 7.62. The van der Waals surface area contributed by atoms with Crippen molar-refractivity contribution in [2.45, 2.75) is 19.3 Å². The minimum Gasteiger partial charge on any atom is -0.481 e. The highest BCUT2D eigenvalue weighted by atomic mass is 32.1. The maximum atomic E-state index is 12.7. The van der Waals surface area contributed by atoms with E-state index in [0.717, 1.165) is 12.8 Å². The fraction of sp³-hybridized carbons (Fsp3) is 0.438. The number of hydrogen-bond donors (Lipinski definition) is 1. The molecule has 2 fully saturated rings. The number of likely N-dealkylation sites (tertiary alicyclic amines) is 1. The molecule has 1 amide bonds. The average Bonchev–Trinajstić information content (AvgIpc) is 3.27. The van der Waals surface area contributed by atoms with Gasteiger partial charge < -0.3 is 14.4 Å². The van der Waals surface area contributed by atoms with Gasteiger partial charge in [-0.3, -0.25) is 9.59 Å². The summed E-state index contributed by atoms with van der Waals surface area (Å²) in [7, 11) is 0. The van der Waals surface area contributed by atoms with E-state index in [1.54, 1.807) is 29.5 Å². The number of hydrogen-bond acceptors (Lipinski definition) is 5. The zero-order valence-corrected chi connectivity index (χ0v) is 13.2. The van der Waals surface area contributed by atoms with Gasteiger partial charge in [0.05, 0.1) is 17.9 Å². The predicted octanol–water partition coefficient (Wildman–Crippen LogP) is 2.73. The maximum absolute atomic E-state index is 12.7. The van der Waals surface area contributed by atoms with Crippen molar-refractivity contribution in [2.75, 3.05) is 13.1 Å². The number of aliphatic carboxylic acids is 1. The Morgan fingerprint density at radius 2 is 2.35 bits per heavy atom. The summed E-state index contributed by atoms with van der Waals surface area (Å²) in [6.07, 6.45) is 5.60. The van der Waals surface area contributed by atoms with Gasteiger partial charge in [-0.2, -0.15) is 0 Å². The van der Waals surface area contributed by atoms with Crippen LogP contribution >= 0.6 is 11.3 Å². The van der Waals surface area contributed by atoms with Crippen molar-refractivity contribution in [1.82, 2.24) is 9.88 Å². The molecule has 1 saturated heterocycles. The second-order valence-corrected chi connectivity index (χ2v) is 7.27. The fourth-order valence-electron chi connectivity index (χ4n) is 3.84. The van der Waals surface area contributed by atoms with Crippen molar-refractivity contribution >= 4 is 23.2 Å². The van der Waals surface area contributed by atoms with Crippen molar-refractivity contribution in [3.8, 4) is 10.8 Å². The van der Waals surface area contributed by atoms with Crippen molar-refractivity contribution in [1.29, 1.82) is 0 Å². The quantitative estimate of drug-likeness (QED) is 0.934. The number of thiazole rings is 1. The van der Waals surface area contributed by atoms with Gasteiger partial charge in [0.25, 0.3) is 5.91 Å². The molecule has 0 bridgehead atoms.